The van der Waals surface area contributed by atoms with Crippen LogP contribution in [0.4, 0.5) is 8.78 Å². The summed E-state index contributed by atoms with van der Waals surface area (Å²) in [6, 6.07) is 6.26. The lowest BCUT2D eigenvalue weighted by molar-refractivity contribution is 0.144. The van der Waals surface area contributed by atoms with Gasteiger partial charge in [-0.2, -0.15) is 0 Å². The number of nitrogens with one attached hydrogen (secondary N) is 1. The van der Waals surface area contributed by atoms with Crippen molar-refractivity contribution in [2.75, 3.05) is 13.1 Å². The van der Waals surface area contributed by atoms with Crippen molar-refractivity contribution in [2.24, 2.45) is 0 Å². The van der Waals surface area contributed by atoms with Crippen molar-refractivity contribution in [1.29, 1.82) is 0 Å². The van der Waals surface area contributed by atoms with Crippen molar-refractivity contribution in [3.8, 4) is 0 Å². The minimum Gasteiger partial charge on any atom is -0.317 e. The van der Waals surface area contributed by atoms with E-state index in [9.17, 15) is 8.78 Å². The Kier molecular flexibility index (Phi) is 3.54. The van der Waals surface area contributed by atoms with E-state index in [-0.39, 0.29) is 5.82 Å². The van der Waals surface area contributed by atoms with Crippen LogP contribution >= 0.6 is 0 Å². The molecule has 0 bridgehead atoms. The summed E-state index contributed by atoms with van der Waals surface area (Å²) in [5.41, 5.74) is -0.415. The van der Waals surface area contributed by atoms with Crippen LogP contribution in [0.1, 0.15) is 24.8 Å². The molecule has 0 aliphatic carbocycles. The van der Waals surface area contributed by atoms with E-state index in [1.165, 1.54) is 12.1 Å². The van der Waals surface area contributed by atoms with Crippen LogP contribution in [0, 0.1) is 5.82 Å². The highest BCUT2D eigenvalue weighted by Crippen LogP contribution is 2.28. The molecule has 1 saturated heterocycles. The minimum absolute atomic E-state index is 0.284. The van der Waals surface area contributed by atoms with Crippen molar-refractivity contribution < 1.29 is 8.78 Å². The Balaban J connectivity index is 2.06. The molecule has 0 radical (unpaired) electrons. The Bertz CT molecular complexity index is 344. The van der Waals surface area contributed by atoms with Gasteiger partial charge in [0.25, 0.3) is 0 Å². The summed E-state index contributed by atoms with van der Waals surface area (Å²) in [5.74, 6) is -0.284. The van der Waals surface area contributed by atoms with E-state index in [0.717, 1.165) is 18.5 Å². The molecular formula is C13H17F2N. The van der Waals surface area contributed by atoms with Gasteiger partial charge in [0.05, 0.1) is 0 Å². The summed E-state index contributed by atoms with van der Waals surface area (Å²) in [7, 11) is 0. The highest BCUT2D eigenvalue weighted by atomic mass is 19.1. The van der Waals surface area contributed by atoms with E-state index in [1.54, 1.807) is 12.1 Å². The third-order valence-electron chi connectivity index (χ3n) is 3.14. The molecule has 0 spiro atoms. The first-order chi connectivity index (χ1) is 7.68. The molecule has 0 aromatic heterocycles. The molecule has 1 unspecified atom stereocenters. The summed E-state index contributed by atoms with van der Waals surface area (Å²) in [6.07, 6.45) is 2.26. The Labute approximate surface area is 94.9 Å². The zero-order valence-corrected chi connectivity index (χ0v) is 9.31. The standard InChI is InChI=1S/C13H17F2N/c14-12-4-1-3-11(9-12)10-13(15)5-2-7-16-8-6-13/h1,3-4,9,16H,2,5-8,10H2. The molecule has 1 fully saturated rings. The summed E-state index contributed by atoms with van der Waals surface area (Å²) in [5, 5.41) is 3.19. The van der Waals surface area contributed by atoms with E-state index in [4.69, 9.17) is 0 Å². The van der Waals surface area contributed by atoms with Crippen LogP contribution in [0.5, 0.6) is 0 Å². The third kappa shape index (κ3) is 3.01. The van der Waals surface area contributed by atoms with E-state index in [2.05, 4.69) is 5.32 Å². The second-order valence-electron chi connectivity index (χ2n) is 4.56. The summed E-state index contributed by atoms with van der Waals surface area (Å²) < 4.78 is 27.5. The van der Waals surface area contributed by atoms with Crippen molar-refractivity contribution in [2.45, 2.75) is 31.4 Å². The zero-order valence-electron chi connectivity index (χ0n) is 9.31. The lowest BCUT2D eigenvalue weighted by Crippen LogP contribution is -2.27. The quantitative estimate of drug-likeness (QED) is 0.816. The fourth-order valence-electron chi connectivity index (χ4n) is 2.28. The summed E-state index contributed by atoms with van der Waals surface area (Å²) in [4.78, 5) is 0. The Morgan fingerprint density at radius 1 is 1.25 bits per heavy atom. The smallest absolute Gasteiger partial charge is 0.123 e. The maximum Gasteiger partial charge on any atom is 0.123 e. The Morgan fingerprint density at radius 3 is 2.94 bits per heavy atom. The molecule has 3 heteroatoms. The molecule has 16 heavy (non-hydrogen) atoms. The van der Waals surface area contributed by atoms with Gasteiger partial charge in [-0.25, -0.2) is 8.78 Å². The lowest BCUT2D eigenvalue weighted by Gasteiger charge is -2.23. The van der Waals surface area contributed by atoms with Gasteiger partial charge in [-0.15, -0.1) is 0 Å². The van der Waals surface area contributed by atoms with Gasteiger partial charge in [-0.1, -0.05) is 12.1 Å². The Morgan fingerprint density at radius 2 is 2.12 bits per heavy atom. The molecule has 1 nitrogen and oxygen atoms in total. The molecule has 1 aliphatic heterocycles. The van der Waals surface area contributed by atoms with Crippen LogP contribution in [0.3, 0.4) is 0 Å². The average molecular weight is 225 g/mol. The molecule has 1 heterocycles. The fraction of sp³-hybridized carbons (Fsp3) is 0.538. The van der Waals surface area contributed by atoms with E-state index < -0.39 is 5.67 Å². The number of rotatable bonds is 2. The number of benzene rings is 1. The Hall–Kier alpha value is -0.960. The van der Waals surface area contributed by atoms with Gasteiger partial charge >= 0.3 is 0 Å². The van der Waals surface area contributed by atoms with Gasteiger partial charge in [0, 0.05) is 6.42 Å². The third-order valence-corrected chi connectivity index (χ3v) is 3.14. The van der Waals surface area contributed by atoms with Crippen molar-refractivity contribution in [3.05, 3.63) is 35.6 Å². The van der Waals surface area contributed by atoms with Crippen LogP contribution in [-0.4, -0.2) is 18.8 Å². The van der Waals surface area contributed by atoms with E-state index in [0.29, 0.717) is 25.8 Å². The highest BCUT2D eigenvalue weighted by molar-refractivity contribution is 5.18. The molecular weight excluding hydrogens is 208 g/mol. The summed E-state index contributed by atoms with van der Waals surface area (Å²) >= 11 is 0. The van der Waals surface area contributed by atoms with Crippen LogP contribution in [-0.2, 0) is 6.42 Å². The van der Waals surface area contributed by atoms with Crippen molar-refractivity contribution >= 4 is 0 Å². The van der Waals surface area contributed by atoms with Crippen LogP contribution < -0.4 is 5.32 Å². The summed E-state index contributed by atoms with van der Waals surface area (Å²) in [6.45, 7) is 1.60. The first-order valence-corrected chi connectivity index (χ1v) is 5.82. The molecule has 0 saturated carbocycles. The van der Waals surface area contributed by atoms with Gasteiger partial charge in [0.2, 0.25) is 0 Å². The molecule has 1 aromatic carbocycles. The van der Waals surface area contributed by atoms with Crippen molar-refractivity contribution in [3.63, 3.8) is 0 Å². The van der Waals surface area contributed by atoms with Crippen LogP contribution in [0.25, 0.3) is 0 Å². The first-order valence-electron chi connectivity index (χ1n) is 5.82. The highest BCUT2D eigenvalue weighted by Gasteiger charge is 2.30. The van der Waals surface area contributed by atoms with Crippen molar-refractivity contribution in [1.82, 2.24) is 5.32 Å². The topological polar surface area (TPSA) is 12.0 Å². The number of hydrogen-bond acceptors (Lipinski definition) is 1. The largest absolute Gasteiger partial charge is 0.317 e. The second kappa shape index (κ2) is 4.91. The molecule has 2 rings (SSSR count). The minimum atomic E-state index is -1.17. The van der Waals surface area contributed by atoms with Gasteiger partial charge in [0.1, 0.15) is 11.5 Å². The zero-order chi connectivity index (χ0) is 11.4. The first kappa shape index (κ1) is 11.5. The maximum atomic E-state index is 14.5. The predicted octanol–water partition coefficient (Wildman–Crippen LogP) is 2.85. The molecule has 0 amide bonds. The molecule has 1 aromatic rings. The van der Waals surface area contributed by atoms with Crippen LogP contribution in [0.15, 0.2) is 24.3 Å². The average Bonchev–Trinajstić information content (AvgIpc) is 2.43. The van der Waals surface area contributed by atoms with E-state index >= 15 is 0 Å². The number of halogens is 2. The fourth-order valence-corrected chi connectivity index (χ4v) is 2.28. The number of alkyl halides is 1. The molecule has 88 valence electrons. The molecule has 1 aliphatic rings. The SMILES string of the molecule is Fc1cccc(CC2(F)CCCNCC2)c1. The maximum absolute atomic E-state index is 14.5. The molecule has 1 N–H and O–H groups in total. The monoisotopic (exact) mass is 225 g/mol. The molecule has 1 atom stereocenters. The van der Waals surface area contributed by atoms with Gasteiger partial charge in [0.15, 0.2) is 0 Å². The predicted molar refractivity (Wildman–Crippen MR) is 60.7 cm³/mol. The normalized spacial score (nSPS) is 26.4. The van der Waals surface area contributed by atoms with E-state index in [1.807, 2.05) is 0 Å². The second-order valence-corrected chi connectivity index (χ2v) is 4.56. The van der Waals surface area contributed by atoms with Gasteiger partial charge < -0.3 is 5.32 Å². The number of hydrogen-bond donors (Lipinski definition) is 1. The van der Waals surface area contributed by atoms with Gasteiger partial charge in [-0.05, 0) is 50.0 Å². The van der Waals surface area contributed by atoms with Crippen LogP contribution in [0.2, 0.25) is 0 Å². The van der Waals surface area contributed by atoms with Gasteiger partial charge in [-0.3, -0.25) is 0 Å². The lowest BCUT2D eigenvalue weighted by atomic mass is 9.89.